The fraction of sp³-hybridized carbons (Fsp3) is 0.391. The number of aromatic nitrogens is 4. The van der Waals surface area contributed by atoms with E-state index in [0.717, 1.165) is 58.7 Å². The molecule has 3 aromatic heterocycles. The molecule has 2 fully saturated rings. The lowest BCUT2D eigenvalue weighted by Crippen LogP contribution is -2.45. The van der Waals surface area contributed by atoms with Crippen LogP contribution in [0.25, 0.3) is 21.1 Å². The molecular weight excluding hydrogens is 422 g/mol. The number of nitrogens with one attached hydrogen (secondary N) is 3. The first kappa shape index (κ1) is 19.6. The number of aromatic amines is 1. The summed E-state index contributed by atoms with van der Waals surface area (Å²) in [6.45, 7) is 3.39. The highest BCUT2D eigenvalue weighted by molar-refractivity contribution is 7.20. The number of rotatable bonds is 6. The van der Waals surface area contributed by atoms with Crippen molar-refractivity contribution in [3.8, 4) is 0 Å². The first-order valence-electron chi connectivity index (χ1n) is 11.2. The van der Waals surface area contributed by atoms with E-state index in [0.29, 0.717) is 10.7 Å². The van der Waals surface area contributed by atoms with Crippen molar-refractivity contribution in [3.05, 3.63) is 41.7 Å². The summed E-state index contributed by atoms with van der Waals surface area (Å²) >= 11 is 1.41. The lowest BCUT2D eigenvalue weighted by molar-refractivity contribution is 0.0914. The second-order valence-corrected chi connectivity index (χ2v) is 9.87. The Balaban J connectivity index is 1.15. The van der Waals surface area contributed by atoms with E-state index in [1.807, 2.05) is 24.3 Å². The second kappa shape index (κ2) is 8.14. The Labute approximate surface area is 189 Å². The number of fused-ring (bicyclic) bond motifs is 2. The van der Waals surface area contributed by atoms with Gasteiger partial charge in [-0.25, -0.2) is 9.97 Å². The maximum Gasteiger partial charge on any atom is 0.261 e. The molecule has 1 amide bonds. The Kier molecular flexibility index (Phi) is 4.99. The van der Waals surface area contributed by atoms with Crippen LogP contribution in [-0.4, -0.2) is 56.6 Å². The van der Waals surface area contributed by atoms with E-state index in [1.54, 1.807) is 6.20 Å². The molecule has 0 unspecified atom stereocenters. The standard InChI is InChI=1S/C23H25N7OS/c31-22(28-16-5-7-30(8-6-16)12-14-1-2-14)20-10-18-21(24-13-25-23(18)32-20)27-17-4-3-15-11-26-29-19(15)9-17/h3-4,9-11,13-14,16H,1-2,5-8,12H2,(H,26,29)(H,28,31)(H,24,25,27). The van der Waals surface area contributed by atoms with Gasteiger partial charge in [-0.2, -0.15) is 5.10 Å². The van der Waals surface area contributed by atoms with E-state index in [9.17, 15) is 4.79 Å². The molecule has 1 saturated carbocycles. The minimum atomic E-state index is -0.0153. The number of hydrogen-bond donors (Lipinski definition) is 3. The molecule has 0 bridgehead atoms. The van der Waals surface area contributed by atoms with Gasteiger partial charge in [-0.3, -0.25) is 9.89 Å². The van der Waals surface area contributed by atoms with Gasteiger partial charge >= 0.3 is 0 Å². The summed E-state index contributed by atoms with van der Waals surface area (Å²) in [6.07, 6.45) is 8.15. The number of nitrogens with zero attached hydrogens (tertiary/aromatic N) is 4. The molecule has 1 aromatic carbocycles. The maximum atomic E-state index is 12.9. The lowest BCUT2D eigenvalue weighted by atomic mass is 10.0. The summed E-state index contributed by atoms with van der Waals surface area (Å²) in [5.74, 6) is 1.60. The summed E-state index contributed by atoms with van der Waals surface area (Å²) in [6, 6.07) is 8.12. The fourth-order valence-electron chi connectivity index (χ4n) is 4.40. The third-order valence-corrected chi connectivity index (χ3v) is 7.44. The van der Waals surface area contributed by atoms with Gasteiger partial charge in [-0.1, -0.05) is 0 Å². The number of H-pyrrole nitrogens is 1. The molecule has 3 N–H and O–H groups in total. The molecule has 1 saturated heterocycles. The molecule has 1 aliphatic carbocycles. The van der Waals surface area contributed by atoms with Crippen molar-refractivity contribution in [2.75, 3.05) is 25.0 Å². The number of hydrogen-bond acceptors (Lipinski definition) is 7. The van der Waals surface area contributed by atoms with Gasteiger partial charge in [0, 0.05) is 36.7 Å². The van der Waals surface area contributed by atoms with Crippen molar-refractivity contribution in [3.63, 3.8) is 0 Å². The number of carbonyl (C=O) groups is 1. The van der Waals surface area contributed by atoms with Crippen LogP contribution in [0.5, 0.6) is 0 Å². The SMILES string of the molecule is O=C(NC1CCN(CC2CC2)CC1)c1cc2c(Nc3ccc4cn[nH]c4c3)ncnc2s1. The number of benzene rings is 1. The fourth-order valence-corrected chi connectivity index (χ4v) is 5.30. The van der Waals surface area contributed by atoms with Gasteiger partial charge in [-0.05, 0) is 55.9 Å². The predicted molar refractivity (Wildman–Crippen MR) is 126 cm³/mol. The topological polar surface area (TPSA) is 98.8 Å². The molecule has 6 rings (SSSR count). The first-order chi connectivity index (χ1) is 15.7. The highest BCUT2D eigenvalue weighted by Gasteiger charge is 2.28. The molecule has 0 atom stereocenters. The molecular formula is C23H25N7OS. The summed E-state index contributed by atoms with van der Waals surface area (Å²) in [7, 11) is 0. The minimum Gasteiger partial charge on any atom is -0.349 e. The van der Waals surface area contributed by atoms with Crippen molar-refractivity contribution in [2.45, 2.75) is 31.7 Å². The average Bonchev–Trinajstić information content (AvgIpc) is 3.31. The van der Waals surface area contributed by atoms with Gasteiger partial charge in [0.25, 0.3) is 5.91 Å². The van der Waals surface area contributed by atoms with E-state index in [2.05, 4.69) is 35.7 Å². The van der Waals surface area contributed by atoms with Crippen LogP contribution in [0.3, 0.4) is 0 Å². The van der Waals surface area contributed by atoms with Gasteiger partial charge < -0.3 is 15.5 Å². The number of likely N-dealkylation sites (tertiary alicyclic amines) is 1. The van der Waals surface area contributed by atoms with Gasteiger partial charge in [0.05, 0.1) is 22.0 Å². The smallest absolute Gasteiger partial charge is 0.261 e. The maximum absolute atomic E-state index is 12.9. The Morgan fingerprint density at radius 1 is 1.16 bits per heavy atom. The summed E-state index contributed by atoms with van der Waals surface area (Å²) in [5, 5.41) is 15.5. The summed E-state index contributed by atoms with van der Waals surface area (Å²) in [5.41, 5.74) is 1.85. The Hall–Kier alpha value is -3.04. The molecule has 9 heteroatoms. The lowest BCUT2D eigenvalue weighted by Gasteiger charge is -2.32. The molecule has 2 aliphatic rings. The van der Waals surface area contributed by atoms with Crippen LogP contribution in [0, 0.1) is 5.92 Å². The van der Waals surface area contributed by atoms with E-state index in [4.69, 9.17) is 0 Å². The highest BCUT2D eigenvalue weighted by atomic mass is 32.1. The quantitative estimate of drug-likeness (QED) is 0.414. The van der Waals surface area contributed by atoms with Crippen molar-refractivity contribution in [2.24, 2.45) is 5.92 Å². The van der Waals surface area contributed by atoms with Gasteiger partial charge in [-0.15, -0.1) is 11.3 Å². The molecule has 4 aromatic rings. The van der Waals surface area contributed by atoms with E-state index >= 15 is 0 Å². The van der Waals surface area contributed by atoms with Crippen molar-refractivity contribution in [1.29, 1.82) is 0 Å². The van der Waals surface area contributed by atoms with Crippen molar-refractivity contribution in [1.82, 2.24) is 30.4 Å². The van der Waals surface area contributed by atoms with Crippen LogP contribution >= 0.6 is 11.3 Å². The van der Waals surface area contributed by atoms with Gasteiger partial charge in [0.15, 0.2) is 0 Å². The van der Waals surface area contributed by atoms with Crippen molar-refractivity contribution < 1.29 is 4.79 Å². The second-order valence-electron chi connectivity index (χ2n) is 8.84. The summed E-state index contributed by atoms with van der Waals surface area (Å²) < 4.78 is 0. The van der Waals surface area contributed by atoms with Gasteiger partial charge in [0.2, 0.25) is 0 Å². The zero-order valence-electron chi connectivity index (χ0n) is 17.7. The third kappa shape index (κ3) is 4.05. The largest absolute Gasteiger partial charge is 0.349 e. The Morgan fingerprint density at radius 3 is 2.88 bits per heavy atom. The van der Waals surface area contributed by atoms with E-state index in [1.165, 1.54) is 37.1 Å². The van der Waals surface area contributed by atoms with E-state index < -0.39 is 0 Å². The molecule has 32 heavy (non-hydrogen) atoms. The first-order valence-corrected chi connectivity index (χ1v) is 12.0. The Morgan fingerprint density at radius 2 is 2.03 bits per heavy atom. The summed E-state index contributed by atoms with van der Waals surface area (Å²) in [4.78, 5) is 25.8. The molecule has 4 heterocycles. The Bertz CT molecular complexity index is 1270. The minimum absolute atomic E-state index is 0.0153. The predicted octanol–water partition coefficient (Wildman–Crippen LogP) is 3.92. The number of piperidine rings is 1. The van der Waals surface area contributed by atoms with Crippen LogP contribution in [-0.2, 0) is 0 Å². The number of thiophene rings is 1. The molecule has 8 nitrogen and oxygen atoms in total. The molecule has 0 spiro atoms. The van der Waals surface area contributed by atoms with E-state index in [-0.39, 0.29) is 11.9 Å². The third-order valence-electron chi connectivity index (χ3n) is 6.39. The number of amides is 1. The van der Waals surface area contributed by atoms with Crippen LogP contribution in [0.1, 0.15) is 35.4 Å². The highest BCUT2D eigenvalue weighted by Crippen LogP contribution is 2.32. The molecule has 0 radical (unpaired) electrons. The van der Waals surface area contributed by atoms with Crippen LogP contribution in [0.2, 0.25) is 0 Å². The van der Waals surface area contributed by atoms with Crippen LogP contribution < -0.4 is 10.6 Å². The van der Waals surface area contributed by atoms with Crippen molar-refractivity contribution >= 4 is 49.9 Å². The monoisotopic (exact) mass is 447 g/mol. The average molecular weight is 448 g/mol. The molecule has 164 valence electrons. The zero-order chi connectivity index (χ0) is 21.5. The number of carbonyl (C=O) groups excluding carboxylic acids is 1. The number of anilines is 2. The van der Waals surface area contributed by atoms with Gasteiger partial charge in [0.1, 0.15) is 17.0 Å². The normalized spacial score (nSPS) is 17.8. The zero-order valence-corrected chi connectivity index (χ0v) is 18.5. The van der Waals surface area contributed by atoms with Crippen LogP contribution in [0.15, 0.2) is 36.8 Å². The van der Waals surface area contributed by atoms with Crippen LogP contribution in [0.4, 0.5) is 11.5 Å². The molecule has 1 aliphatic heterocycles.